The molecule has 0 aliphatic rings. The van der Waals surface area contributed by atoms with Gasteiger partial charge >= 0.3 is 0 Å². The number of nitrogens with zero attached hydrogens (tertiary/aromatic N) is 1. The lowest BCUT2D eigenvalue weighted by atomic mass is 9.98. The Morgan fingerprint density at radius 1 is 1.09 bits per heavy atom. The van der Waals surface area contributed by atoms with E-state index in [1.807, 2.05) is 43.3 Å². The first-order valence-electron chi connectivity index (χ1n) is 7.29. The average Bonchev–Trinajstić information content (AvgIpc) is 2.52. The van der Waals surface area contributed by atoms with Gasteiger partial charge in [-0.3, -0.25) is 9.78 Å². The minimum atomic E-state index is -3.16. The average molecular weight is 332 g/mol. The number of carbonyl (C=O) groups excluding carboxylic acids is 1. The predicted molar refractivity (Wildman–Crippen MR) is 89.7 cm³/mol. The fraction of sp³-hybridized carbons (Fsp3) is 0.294. The molecule has 122 valence electrons. The van der Waals surface area contributed by atoms with Crippen molar-refractivity contribution in [2.45, 2.75) is 19.4 Å². The van der Waals surface area contributed by atoms with E-state index in [0.717, 1.165) is 22.9 Å². The first-order chi connectivity index (χ1) is 10.8. The smallest absolute Gasteiger partial charge is 0.221 e. The van der Waals surface area contributed by atoms with Crippen LogP contribution in [0.15, 0.2) is 48.8 Å². The van der Waals surface area contributed by atoms with Gasteiger partial charge in [-0.25, -0.2) is 8.42 Å². The monoisotopic (exact) mass is 332 g/mol. The van der Waals surface area contributed by atoms with Gasteiger partial charge in [-0.05, 0) is 30.2 Å². The van der Waals surface area contributed by atoms with Crippen molar-refractivity contribution in [3.63, 3.8) is 0 Å². The molecule has 23 heavy (non-hydrogen) atoms. The minimum Gasteiger partial charge on any atom is -0.345 e. The van der Waals surface area contributed by atoms with E-state index in [1.54, 1.807) is 12.4 Å². The summed E-state index contributed by atoms with van der Waals surface area (Å²) in [5.41, 5.74) is 2.97. The molecule has 0 radical (unpaired) electrons. The number of carbonyl (C=O) groups is 1. The number of amides is 1. The third-order valence-corrected chi connectivity index (χ3v) is 4.40. The predicted octanol–water partition coefficient (Wildman–Crippen LogP) is 2.03. The standard InChI is InChI=1S/C17H20N2O3S/c1-13-3-5-14(6-4-13)17(15-7-10-18-11-8-15)19-16(20)9-12-23(2,21)22/h3-8,10-11,17H,9,12H2,1-2H3,(H,19,20). The van der Waals surface area contributed by atoms with Gasteiger partial charge in [0.05, 0.1) is 11.8 Å². The Morgan fingerprint density at radius 2 is 1.65 bits per heavy atom. The highest BCUT2D eigenvalue weighted by molar-refractivity contribution is 7.90. The Balaban J connectivity index is 2.21. The van der Waals surface area contributed by atoms with Gasteiger partial charge in [-0.2, -0.15) is 0 Å². The Kier molecular flexibility index (Phi) is 5.50. The van der Waals surface area contributed by atoms with Crippen LogP contribution in [0.3, 0.4) is 0 Å². The van der Waals surface area contributed by atoms with Crippen molar-refractivity contribution < 1.29 is 13.2 Å². The van der Waals surface area contributed by atoms with Gasteiger partial charge in [-0.15, -0.1) is 0 Å². The van der Waals surface area contributed by atoms with E-state index in [-0.39, 0.29) is 24.1 Å². The molecule has 0 fully saturated rings. The molecule has 0 bridgehead atoms. The lowest BCUT2D eigenvalue weighted by molar-refractivity contribution is -0.121. The zero-order chi connectivity index (χ0) is 16.9. The summed E-state index contributed by atoms with van der Waals surface area (Å²) < 4.78 is 22.4. The molecule has 1 heterocycles. The second kappa shape index (κ2) is 7.37. The molecule has 1 aromatic carbocycles. The van der Waals surface area contributed by atoms with E-state index < -0.39 is 9.84 Å². The van der Waals surface area contributed by atoms with Crippen molar-refractivity contribution in [3.05, 3.63) is 65.5 Å². The molecule has 6 heteroatoms. The molecule has 1 aromatic heterocycles. The molecule has 1 amide bonds. The number of aromatic nitrogens is 1. The van der Waals surface area contributed by atoms with E-state index in [4.69, 9.17) is 0 Å². The number of aryl methyl sites for hydroxylation is 1. The lowest BCUT2D eigenvalue weighted by Gasteiger charge is -2.20. The summed E-state index contributed by atoms with van der Waals surface area (Å²) in [6.07, 6.45) is 4.41. The zero-order valence-corrected chi connectivity index (χ0v) is 14.0. The van der Waals surface area contributed by atoms with Crippen LogP contribution < -0.4 is 5.32 Å². The van der Waals surface area contributed by atoms with Crippen LogP contribution in [0.5, 0.6) is 0 Å². The molecule has 0 saturated heterocycles. The fourth-order valence-electron chi connectivity index (χ4n) is 2.19. The third-order valence-electron chi connectivity index (χ3n) is 3.46. The highest BCUT2D eigenvalue weighted by Gasteiger charge is 2.17. The number of rotatable bonds is 6. The molecule has 5 nitrogen and oxygen atoms in total. The molecular formula is C17H20N2O3S. The molecule has 0 spiro atoms. The summed E-state index contributed by atoms with van der Waals surface area (Å²) in [7, 11) is -3.16. The van der Waals surface area contributed by atoms with Crippen molar-refractivity contribution >= 4 is 15.7 Å². The number of hydrogen-bond donors (Lipinski definition) is 1. The summed E-state index contributed by atoms with van der Waals surface area (Å²) in [6, 6.07) is 11.2. The van der Waals surface area contributed by atoms with Gasteiger partial charge in [0, 0.05) is 25.1 Å². The molecule has 0 saturated carbocycles. The van der Waals surface area contributed by atoms with Gasteiger partial charge in [0.15, 0.2) is 0 Å². The van der Waals surface area contributed by atoms with Gasteiger partial charge in [0.2, 0.25) is 5.91 Å². The van der Waals surface area contributed by atoms with Crippen LogP contribution in [0.2, 0.25) is 0 Å². The minimum absolute atomic E-state index is 0.0493. The second-order valence-electron chi connectivity index (χ2n) is 5.57. The van der Waals surface area contributed by atoms with Gasteiger partial charge in [-0.1, -0.05) is 29.8 Å². The van der Waals surface area contributed by atoms with Gasteiger partial charge in [0.25, 0.3) is 0 Å². The second-order valence-corrected chi connectivity index (χ2v) is 7.83. The van der Waals surface area contributed by atoms with E-state index in [1.165, 1.54) is 0 Å². The van der Waals surface area contributed by atoms with Crippen LogP contribution in [-0.2, 0) is 14.6 Å². The van der Waals surface area contributed by atoms with Crippen molar-refractivity contribution in [1.82, 2.24) is 10.3 Å². The maximum absolute atomic E-state index is 12.1. The van der Waals surface area contributed by atoms with E-state index in [2.05, 4.69) is 10.3 Å². The highest BCUT2D eigenvalue weighted by Crippen LogP contribution is 2.22. The maximum atomic E-state index is 12.1. The van der Waals surface area contributed by atoms with Crippen molar-refractivity contribution in [1.29, 1.82) is 0 Å². The van der Waals surface area contributed by atoms with E-state index in [0.29, 0.717) is 0 Å². The third kappa shape index (κ3) is 5.49. The summed E-state index contributed by atoms with van der Waals surface area (Å²) in [5, 5.41) is 2.91. The zero-order valence-electron chi connectivity index (χ0n) is 13.2. The molecule has 1 atom stereocenters. The molecular weight excluding hydrogens is 312 g/mol. The van der Waals surface area contributed by atoms with Crippen molar-refractivity contribution in [3.8, 4) is 0 Å². The largest absolute Gasteiger partial charge is 0.345 e. The maximum Gasteiger partial charge on any atom is 0.221 e. The number of sulfone groups is 1. The highest BCUT2D eigenvalue weighted by atomic mass is 32.2. The first kappa shape index (κ1) is 17.1. The summed E-state index contributed by atoms with van der Waals surface area (Å²) >= 11 is 0. The van der Waals surface area contributed by atoms with Crippen LogP contribution in [0, 0.1) is 6.92 Å². The van der Waals surface area contributed by atoms with Gasteiger partial charge in [0.1, 0.15) is 9.84 Å². The van der Waals surface area contributed by atoms with Crippen LogP contribution in [0.4, 0.5) is 0 Å². The number of hydrogen-bond acceptors (Lipinski definition) is 4. The Hall–Kier alpha value is -2.21. The lowest BCUT2D eigenvalue weighted by Crippen LogP contribution is -2.30. The van der Waals surface area contributed by atoms with Crippen LogP contribution in [-0.4, -0.2) is 31.3 Å². The quantitative estimate of drug-likeness (QED) is 0.878. The number of nitrogens with one attached hydrogen (secondary N) is 1. The van der Waals surface area contributed by atoms with Crippen LogP contribution in [0.25, 0.3) is 0 Å². The molecule has 0 aliphatic heterocycles. The molecule has 1 N–H and O–H groups in total. The fourth-order valence-corrected chi connectivity index (χ4v) is 2.74. The summed E-state index contributed by atoms with van der Waals surface area (Å²) in [4.78, 5) is 16.1. The Bertz CT molecular complexity index is 756. The summed E-state index contributed by atoms with van der Waals surface area (Å²) in [5.74, 6) is -0.451. The topological polar surface area (TPSA) is 76.1 Å². The van der Waals surface area contributed by atoms with E-state index in [9.17, 15) is 13.2 Å². The van der Waals surface area contributed by atoms with Crippen molar-refractivity contribution in [2.75, 3.05) is 12.0 Å². The van der Waals surface area contributed by atoms with E-state index >= 15 is 0 Å². The first-order valence-corrected chi connectivity index (χ1v) is 9.35. The van der Waals surface area contributed by atoms with Crippen molar-refractivity contribution in [2.24, 2.45) is 0 Å². The van der Waals surface area contributed by atoms with Crippen LogP contribution >= 0.6 is 0 Å². The Morgan fingerprint density at radius 3 is 2.22 bits per heavy atom. The Labute approximate surface area is 136 Å². The SMILES string of the molecule is Cc1ccc(C(NC(=O)CCS(C)(=O)=O)c2ccncc2)cc1. The molecule has 0 aliphatic carbocycles. The number of pyridine rings is 1. The number of benzene rings is 1. The van der Waals surface area contributed by atoms with Gasteiger partial charge < -0.3 is 5.32 Å². The molecule has 2 rings (SSSR count). The molecule has 1 unspecified atom stereocenters. The molecule has 2 aromatic rings. The summed E-state index contributed by atoms with van der Waals surface area (Å²) in [6.45, 7) is 2.00. The normalized spacial score (nSPS) is 12.6. The van der Waals surface area contributed by atoms with Crippen LogP contribution in [0.1, 0.15) is 29.2 Å².